The van der Waals surface area contributed by atoms with E-state index in [1.807, 2.05) is 44.3 Å². The second-order valence-electron chi connectivity index (χ2n) is 7.15. The highest BCUT2D eigenvalue weighted by Crippen LogP contribution is 2.22. The fourth-order valence-corrected chi connectivity index (χ4v) is 3.37. The molecular formula is C21H22N6O2. The normalized spacial score (nSPS) is 16.1. The summed E-state index contributed by atoms with van der Waals surface area (Å²) in [5.41, 5.74) is 2.91. The quantitative estimate of drug-likeness (QED) is 0.738. The maximum atomic E-state index is 12.8. The highest BCUT2D eigenvalue weighted by molar-refractivity contribution is 5.96. The third-order valence-electron chi connectivity index (χ3n) is 5.27. The molecule has 0 saturated carbocycles. The van der Waals surface area contributed by atoms with Crippen molar-refractivity contribution in [1.29, 1.82) is 0 Å². The van der Waals surface area contributed by atoms with Crippen LogP contribution in [0, 0.1) is 12.8 Å². The lowest BCUT2D eigenvalue weighted by Crippen LogP contribution is -2.31. The average Bonchev–Trinajstić information content (AvgIpc) is 3.37. The Kier molecular flexibility index (Phi) is 5.07. The summed E-state index contributed by atoms with van der Waals surface area (Å²) in [6, 6.07) is 9.60. The Bertz CT molecular complexity index is 1030. The van der Waals surface area contributed by atoms with Crippen LogP contribution in [0.4, 0.5) is 5.69 Å². The molecule has 8 nitrogen and oxygen atoms in total. The van der Waals surface area contributed by atoms with Crippen molar-refractivity contribution < 1.29 is 9.59 Å². The number of hydrogen-bond acceptors (Lipinski definition) is 5. The largest absolute Gasteiger partial charge is 0.338 e. The van der Waals surface area contributed by atoms with Crippen molar-refractivity contribution >= 4 is 17.5 Å². The molecule has 2 aromatic heterocycles. The first kappa shape index (κ1) is 18.8. The Labute approximate surface area is 168 Å². The first-order valence-corrected chi connectivity index (χ1v) is 9.49. The zero-order valence-corrected chi connectivity index (χ0v) is 16.4. The van der Waals surface area contributed by atoms with Gasteiger partial charge in [0.15, 0.2) is 5.82 Å². The Morgan fingerprint density at radius 2 is 1.83 bits per heavy atom. The summed E-state index contributed by atoms with van der Waals surface area (Å²) < 4.78 is 1.71. The number of nitrogens with one attached hydrogen (secondary N) is 1. The van der Waals surface area contributed by atoms with E-state index in [1.165, 1.54) is 0 Å². The van der Waals surface area contributed by atoms with Gasteiger partial charge in [-0.05, 0) is 13.3 Å². The van der Waals surface area contributed by atoms with Gasteiger partial charge in [0.1, 0.15) is 0 Å². The van der Waals surface area contributed by atoms with E-state index in [-0.39, 0.29) is 17.7 Å². The molecule has 1 aliphatic rings. The zero-order chi connectivity index (χ0) is 20.4. The van der Waals surface area contributed by atoms with Crippen molar-refractivity contribution in [3.63, 3.8) is 0 Å². The molecule has 4 rings (SSSR count). The van der Waals surface area contributed by atoms with Gasteiger partial charge in [0.25, 0.3) is 5.91 Å². The molecule has 1 unspecified atom stereocenters. The number of carbonyl (C=O) groups is 2. The van der Waals surface area contributed by atoms with Crippen molar-refractivity contribution in [3.05, 3.63) is 60.2 Å². The number of rotatable bonds is 4. The lowest BCUT2D eigenvalue weighted by molar-refractivity contribution is -0.119. The molecule has 1 saturated heterocycles. The number of nitrogens with zero attached hydrogens (tertiary/aromatic N) is 5. The molecule has 3 heterocycles. The van der Waals surface area contributed by atoms with Gasteiger partial charge in [-0.3, -0.25) is 14.3 Å². The molecule has 0 spiro atoms. The number of hydrogen-bond donors (Lipinski definition) is 1. The van der Waals surface area contributed by atoms with Crippen LogP contribution < -0.4 is 5.32 Å². The van der Waals surface area contributed by atoms with Gasteiger partial charge in [0, 0.05) is 38.1 Å². The Morgan fingerprint density at radius 3 is 2.48 bits per heavy atom. The standard InChI is InChI=1S/C21H22N6O2/c1-14-18(12-24-26(14)2)25-20(28)16-8-9-27(13-16)21(29)17-10-22-19(23-11-17)15-6-4-3-5-7-15/h3-7,10-12,16H,8-9,13H2,1-2H3,(H,25,28). The molecule has 29 heavy (non-hydrogen) atoms. The summed E-state index contributed by atoms with van der Waals surface area (Å²) in [5, 5.41) is 7.04. The van der Waals surface area contributed by atoms with Crippen molar-refractivity contribution in [2.45, 2.75) is 13.3 Å². The SMILES string of the molecule is Cc1c(NC(=O)C2CCN(C(=O)c3cnc(-c4ccccc4)nc3)C2)cnn1C. The van der Waals surface area contributed by atoms with Gasteiger partial charge in [-0.1, -0.05) is 30.3 Å². The highest BCUT2D eigenvalue weighted by atomic mass is 16.2. The molecule has 1 aromatic carbocycles. The van der Waals surface area contributed by atoms with E-state index in [2.05, 4.69) is 20.4 Å². The molecule has 1 fully saturated rings. The minimum absolute atomic E-state index is 0.0907. The van der Waals surface area contributed by atoms with Gasteiger partial charge < -0.3 is 10.2 Å². The molecule has 3 aromatic rings. The first-order valence-electron chi connectivity index (χ1n) is 9.49. The first-order chi connectivity index (χ1) is 14.0. The van der Waals surface area contributed by atoms with Crippen molar-refractivity contribution in [2.75, 3.05) is 18.4 Å². The number of carbonyl (C=O) groups excluding carboxylic acids is 2. The zero-order valence-electron chi connectivity index (χ0n) is 16.4. The number of amides is 2. The molecule has 8 heteroatoms. The minimum atomic E-state index is -0.247. The molecule has 148 valence electrons. The van der Waals surface area contributed by atoms with Crippen LogP contribution in [0.2, 0.25) is 0 Å². The second kappa shape index (κ2) is 7.83. The molecule has 0 aliphatic carbocycles. The molecule has 1 N–H and O–H groups in total. The van der Waals surface area contributed by atoms with Crippen LogP contribution in [0.15, 0.2) is 48.9 Å². The smallest absolute Gasteiger partial charge is 0.257 e. The van der Waals surface area contributed by atoms with Gasteiger partial charge in [0.05, 0.1) is 29.1 Å². The van der Waals surface area contributed by atoms with Crippen molar-refractivity contribution in [2.24, 2.45) is 13.0 Å². The number of benzene rings is 1. The molecule has 0 radical (unpaired) electrons. The van der Waals surface area contributed by atoms with Gasteiger partial charge in [-0.15, -0.1) is 0 Å². The molecule has 2 amide bonds. The van der Waals surface area contributed by atoms with Crippen LogP contribution >= 0.6 is 0 Å². The summed E-state index contributed by atoms with van der Waals surface area (Å²) in [5.74, 6) is 0.0836. The topological polar surface area (TPSA) is 93.0 Å². The van der Waals surface area contributed by atoms with E-state index in [0.29, 0.717) is 36.6 Å². The van der Waals surface area contributed by atoms with Gasteiger partial charge in [0.2, 0.25) is 5.91 Å². The highest BCUT2D eigenvalue weighted by Gasteiger charge is 2.32. The minimum Gasteiger partial charge on any atom is -0.338 e. The average molecular weight is 390 g/mol. The predicted molar refractivity (Wildman–Crippen MR) is 108 cm³/mol. The van der Waals surface area contributed by atoms with Crippen LogP contribution in [0.25, 0.3) is 11.4 Å². The number of anilines is 1. The van der Waals surface area contributed by atoms with Gasteiger partial charge >= 0.3 is 0 Å². The van der Waals surface area contributed by atoms with Crippen LogP contribution in [0.3, 0.4) is 0 Å². The van der Waals surface area contributed by atoms with Crippen LogP contribution in [0.1, 0.15) is 22.5 Å². The van der Waals surface area contributed by atoms with Gasteiger partial charge in [-0.25, -0.2) is 9.97 Å². The summed E-state index contributed by atoms with van der Waals surface area (Å²) in [7, 11) is 1.83. The summed E-state index contributed by atoms with van der Waals surface area (Å²) in [6.45, 7) is 2.81. The Morgan fingerprint density at radius 1 is 1.10 bits per heavy atom. The van der Waals surface area contributed by atoms with E-state index in [0.717, 1.165) is 11.3 Å². The third kappa shape index (κ3) is 3.87. The summed E-state index contributed by atoms with van der Waals surface area (Å²) in [6.07, 6.45) is 5.35. The second-order valence-corrected chi connectivity index (χ2v) is 7.15. The number of aryl methyl sites for hydroxylation is 1. The molecule has 1 atom stereocenters. The summed E-state index contributed by atoms with van der Waals surface area (Å²) in [4.78, 5) is 35.7. The van der Waals surface area contributed by atoms with E-state index < -0.39 is 0 Å². The molecule has 1 aliphatic heterocycles. The van der Waals surface area contributed by atoms with Crippen molar-refractivity contribution in [3.8, 4) is 11.4 Å². The number of likely N-dealkylation sites (tertiary alicyclic amines) is 1. The summed E-state index contributed by atoms with van der Waals surface area (Å²) >= 11 is 0. The van der Waals surface area contributed by atoms with E-state index in [9.17, 15) is 9.59 Å². The predicted octanol–water partition coefficient (Wildman–Crippen LogP) is 2.29. The van der Waals surface area contributed by atoms with Crippen LogP contribution in [-0.2, 0) is 11.8 Å². The van der Waals surface area contributed by atoms with E-state index >= 15 is 0 Å². The maximum absolute atomic E-state index is 12.8. The maximum Gasteiger partial charge on any atom is 0.257 e. The fourth-order valence-electron chi connectivity index (χ4n) is 3.37. The van der Waals surface area contributed by atoms with E-state index in [1.54, 1.807) is 28.2 Å². The van der Waals surface area contributed by atoms with Crippen LogP contribution in [-0.4, -0.2) is 49.6 Å². The Hall–Kier alpha value is -3.55. The molecular weight excluding hydrogens is 368 g/mol. The lowest BCUT2D eigenvalue weighted by Gasteiger charge is -2.16. The van der Waals surface area contributed by atoms with Gasteiger partial charge in [-0.2, -0.15) is 5.10 Å². The van der Waals surface area contributed by atoms with Crippen molar-refractivity contribution in [1.82, 2.24) is 24.6 Å². The monoisotopic (exact) mass is 390 g/mol. The lowest BCUT2D eigenvalue weighted by atomic mass is 10.1. The molecule has 0 bridgehead atoms. The van der Waals surface area contributed by atoms with E-state index in [4.69, 9.17) is 0 Å². The Balaban J connectivity index is 1.39. The van der Waals surface area contributed by atoms with Crippen LogP contribution in [0.5, 0.6) is 0 Å². The number of aromatic nitrogens is 4. The third-order valence-corrected chi connectivity index (χ3v) is 5.27. The fraction of sp³-hybridized carbons (Fsp3) is 0.286.